The molecule has 0 unspecified atom stereocenters. The molecule has 1 saturated carbocycles. The fourth-order valence-electron chi connectivity index (χ4n) is 1.57. The van der Waals surface area contributed by atoms with E-state index in [0.29, 0.717) is 0 Å². The first-order chi connectivity index (χ1) is 6.87. The molecule has 0 spiro atoms. The summed E-state index contributed by atoms with van der Waals surface area (Å²) in [6.07, 6.45) is 2.45. The fraction of sp³-hybridized carbons (Fsp3) is 0.800. The maximum atomic E-state index is 11.8. The molecule has 0 atom stereocenters. The van der Waals surface area contributed by atoms with Gasteiger partial charge in [-0.2, -0.15) is 0 Å². The van der Waals surface area contributed by atoms with Gasteiger partial charge in [0.25, 0.3) is 0 Å². The van der Waals surface area contributed by atoms with Crippen molar-refractivity contribution in [1.29, 1.82) is 0 Å². The third kappa shape index (κ3) is 2.47. The Morgan fingerprint density at radius 3 is 2.13 bits per heavy atom. The first-order valence-electron chi connectivity index (χ1n) is 5.11. The summed E-state index contributed by atoms with van der Waals surface area (Å²) >= 11 is 0. The number of hydrogen-bond donors (Lipinski definition) is 1. The number of carbonyl (C=O) groups excluding carboxylic acids is 2. The van der Waals surface area contributed by atoms with Gasteiger partial charge in [0.05, 0.1) is 12.1 Å². The molecule has 0 aromatic carbocycles. The molecule has 0 aromatic heterocycles. The molecule has 1 aliphatic rings. The van der Waals surface area contributed by atoms with Gasteiger partial charge in [0.15, 0.2) is 0 Å². The lowest BCUT2D eigenvalue weighted by Gasteiger charge is -2.39. The predicted molar refractivity (Wildman–Crippen MR) is 57.1 cm³/mol. The minimum absolute atomic E-state index is 0.0891. The number of rotatable bonds is 3. The maximum absolute atomic E-state index is 11.8. The highest BCUT2D eigenvalue weighted by molar-refractivity contribution is 5.90. The van der Waals surface area contributed by atoms with E-state index in [4.69, 9.17) is 5.73 Å². The molecule has 5 nitrogen and oxygen atoms in total. The van der Waals surface area contributed by atoms with Crippen molar-refractivity contribution in [3.63, 3.8) is 0 Å². The van der Waals surface area contributed by atoms with Crippen LogP contribution < -0.4 is 5.73 Å². The molecule has 2 N–H and O–H groups in total. The summed E-state index contributed by atoms with van der Waals surface area (Å²) in [6, 6.07) is 0. The van der Waals surface area contributed by atoms with E-state index in [1.54, 1.807) is 21.1 Å². The summed E-state index contributed by atoms with van der Waals surface area (Å²) in [5.41, 5.74) is 5.18. The molecule has 86 valence electrons. The van der Waals surface area contributed by atoms with E-state index in [9.17, 15) is 9.59 Å². The SMILES string of the molecule is CN(C)C(=O)CN(C)C(=O)C1(N)CCC1. The lowest BCUT2D eigenvalue weighted by atomic mass is 9.76. The summed E-state index contributed by atoms with van der Waals surface area (Å²) < 4.78 is 0. The summed E-state index contributed by atoms with van der Waals surface area (Å²) in [5.74, 6) is -0.210. The van der Waals surface area contributed by atoms with E-state index < -0.39 is 5.54 Å². The Morgan fingerprint density at radius 1 is 1.27 bits per heavy atom. The lowest BCUT2D eigenvalue weighted by Crippen LogP contribution is -2.59. The van der Waals surface area contributed by atoms with Crippen LogP contribution in [0.3, 0.4) is 0 Å². The van der Waals surface area contributed by atoms with Gasteiger partial charge in [-0.1, -0.05) is 0 Å². The van der Waals surface area contributed by atoms with E-state index in [2.05, 4.69) is 0 Å². The van der Waals surface area contributed by atoms with Crippen molar-refractivity contribution in [2.45, 2.75) is 24.8 Å². The second-order valence-electron chi connectivity index (χ2n) is 4.46. The topological polar surface area (TPSA) is 66.6 Å². The van der Waals surface area contributed by atoms with Gasteiger partial charge in [-0.05, 0) is 19.3 Å². The standard InChI is InChI=1S/C10H19N3O2/c1-12(2)8(14)7-13(3)9(15)10(11)5-4-6-10/h4-7,11H2,1-3H3. The molecule has 1 fully saturated rings. The molecule has 0 radical (unpaired) electrons. The second kappa shape index (κ2) is 4.18. The van der Waals surface area contributed by atoms with Crippen molar-refractivity contribution < 1.29 is 9.59 Å². The van der Waals surface area contributed by atoms with Crippen LogP contribution in [0.4, 0.5) is 0 Å². The van der Waals surface area contributed by atoms with Gasteiger partial charge in [0.2, 0.25) is 11.8 Å². The summed E-state index contributed by atoms with van der Waals surface area (Å²) in [5, 5.41) is 0. The van der Waals surface area contributed by atoms with Crippen LogP contribution in [-0.2, 0) is 9.59 Å². The highest BCUT2D eigenvalue weighted by Crippen LogP contribution is 2.30. The van der Waals surface area contributed by atoms with E-state index in [0.717, 1.165) is 19.3 Å². The van der Waals surface area contributed by atoms with Crippen LogP contribution >= 0.6 is 0 Å². The minimum Gasteiger partial charge on any atom is -0.347 e. The van der Waals surface area contributed by atoms with Gasteiger partial charge in [0, 0.05) is 21.1 Å². The Kier molecular flexibility index (Phi) is 3.34. The Balaban J connectivity index is 2.50. The smallest absolute Gasteiger partial charge is 0.242 e. The largest absolute Gasteiger partial charge is 0.347 e. The molecule has 0 aromatic rings. The number of amides is 2. The molecule has 0 aliphatic heterocycles. The second-order valence-corrected chi connectivity index (χ2v) is 4.46. The number of likely N-dealkylation sites (N-methyl/N-ethyl adjacent to an activating group) is 2. The monoisotopic (exact) mass is 213 g/mol. The average molecular weight is 213 g/mol. The quantitative estimate of drug-likeness (QED) is 0.681. The summed E-state index contributed by atoms with van der Waals surface area (Å²) in [4.78, 5) is 26.1. The third-order valence-electron chi connectivity index (χ3n) is 2.89. The molecular formula is C10H19N3O2. The van der Waals surface area contributed by atoms with Gasteiger partial charge in [-0.3, -0.25) is 9.59 Å². The van der Waals surface area contributed by atoms with Crippen molar-refractivity contribution in [2.75, 3.05) is 27.7 Å². The third-order valence-corrected chi connectivity index (χ3v) is 2.89. The van der Waals surface area contributed by atoms with Crippen LogP contribution in [0.5, 0.6) is 0 Å². The zero-order valence-electron chi connectivity index (χ0n) is 9.62. The Bertz CT molecular complexity index is 272. The molecule has 0 bridgehead atoms. The van der Waals surface area contributed by atoms with Crippen LogP contribution in [0, 0.1) is 0 Å². The molecule has 0 saturated heterocycles. The van der Waals surface area contributed by atoms with Gasteiger partial charge in [0.1, 0.15) is 0 Å². The van der Waals surface area contributed by atoms with Crippen molar-refractivity contribution in [2.24, 2.45) is 5.73 Å². The molecule has 2 amide bonds. The van der Waals surface area contributed by atoms with Gasteiger partial charge in [-0.15, -0.1) is 0 Å². The number of carbonyl (C=O) groups is 2. The highest BCUT2D eigenvalue weighted by atomic mass is 16.2. The predicted octanol–water partition coefficient (Wildman–Crippen LogP) is -0.586. The molecular weight excluding hydrogens is 194 g/mol. The van der Waals surface area contributed by atoms with E-state index in [1.807, 2.05) is 0 Å². The van der Waals surface area contributed by atoms with Gasteiger partial charge >= 0.3 is 0 Å². The van der Waals surface area contributed by atoms with Crippen LogP contribution in [-0.4, -0.2) is 54.8 Å². The highest BCUT2D eigenvalue weighted by Gasteiger charge is 2.42. The lowest BCUT2D eigenvalue weighted by molar-refractivity contribution is -0.143. The molecule has 0 heterocycles. The minimum atomic E-state index is -0.707. The number of nitrogens with zero attached hydrogens (tertiary/aromatic N) is 2. The summed E-state index contributed by atoms with van der Waals surface area (Å²) in [7, 11) is 4.96. The van der Waals surface area contributed by atoms with Crippen LogP contribution in [0.15, 0.2) is 0 Å². The van der Waals surface area contributed by atoms with Crippen molar-refractivity contribution in [3.8, 4) is 0 Å². The zero-order valence-corrected chi connectivity index (χ0v) is 9.62. The molecule has 5 heteroatoms. The fourth-order valence-corrected chi connectivity index (χ4v) is 1.57. The Morgan fingerprint density at radius 2 is 1.80 bits per heavy atom. The van der Waals surface area contributed by atoms with Crippen LogP contribution in [0.25, 0.3) is 0 Å². The van der Waals surface area contributed by atoms with Gasteiger partial charge < -0.3 is 15.5 Å². The Labute approximate surface area is 90.2 Å². The summed E-state index contributed by atoms with van der Waals surface area (Å²) in [6.45, 7) is 0.102. The van der Waals surface area contributed by atoms with E-state index in [-0.39, 0.29) is 18.4 Å². The number of nitrogens with two attached hydrogens (primary N) is 1. The van der Waals surface area contributed by atoms with Gasteiger partial charge in [-0.25, -0.2) is 0 Å². The van der Waals surface area contributed by atoms with Crippen molar-refractivity contribution in [1.82, 2.24) is 9.80 Å². The van der Waals surface area contributed by atoms with Crippen LogP contribution in [0.2, 0.25) is 0 Å². The van der Waals surface area contributed by atoms with Crippen molar-refractivity contribution >= 4 is 11.8 Å². The maximum Gasteiger partial charge on any atom is 0.242 e. The Hall–Kier alpha value is -1.10. The zero-order chi connectivity index (χ0) is 11.6. The molecule has 1 rings (SSSR count). The number of hydrogen-bond acceptors (Lipinski definition) is 3. The first-order valence-corrected chi connectivity index (χ1v) is 5.11. The van der Waals surface area contributed by atoms with Crippen molar-refractivity contribution in [3.05, 3.63) is 0 Å². The average Bonchev–Trinajstić information content (AvgIpc) is 2.12. The van der Waals surface area contributed by atoms with E-state index >= 15 is 0 Å². The normalized spacial score (nSPS) is 17.9. The molecule has 15 heavy (non-hydrogen) atoms. The van der Waals surface area contributed by atoms with Crippen LogP contribution in [0.1, 0.15) is 19.3 Å². The molecule has 1 aliphatic carbocycles. The first kappa shape index (κ1) is 12.0. The van der Waals surface area contributed by atoms with E-state index in [1.165, 1.54) is 9.80 Å².